The lowest BCUT2D eigenvalue weighted by Crippen LogP contribution is -2.32. The van der Waals surface area contributed by atoms with Gasteiger partial charge in [0.25, 0.3) is 5.91 Å². The molecule has 0 spiro atoms. The number of nitrogens with zero attached hydrogens (tertiary/aromatic N) is 1. The van der Waals surface area contributed by atoms with Crippen molar-refractivity contribution >= 4 is 17.3 Å². The van der Waals surface area contributed by atoms with Crippen molar-refractivity contribution in [3.05, 3.63) is 52.7 Å². The Morgan fingerprint density at radius 1 is 1.15 bits per heavy atom. The molecule has 1 saturated carbocycles. The number of amides is 1. The van der Waals surface area contributed by atoms with E-state index in [0.29, 0.717) is 5.76 Å². The van der Waals surface area contributed by atoms with E-state index in [4.69, 9.17) is 4.42 Å². The van der Waals surface area contributed by atoms with Crippen LogP contribution in [0.2, 0.25) is 0 Å². The highest BCUT2D eigenvalue weighted by molar-refractivity contribution is 6.06. The molecule has 1 aromatic carbocycles. The molecular weight excluding hydrogens is 345 g/mol. The largest absolute Gasteiger partial charge is 0.455 e. The molecule has 4 rings (SSSR count). The van der Waals surface area contributed by atoms with Gasteiger partial charge in [0.05, 0.1) is 11.4 Å². The Bertz CT molecular complexity index is 864. The van der Waals surface area contributed by atoms with E-state index in [2.05, 4.69) is 15.8 Å². The maximum absolute atomic E-state index is 13.0. The summed E-state index contributed by atoms with van der Waals surface area (Å²) in [5, 5.41) is 7.61. The summed E-state index contributed by atoms with van der Waals surface area (Å²) >= 11 is 0. The van der Waals surface area contributed by atoms with E-state index in [9.17, 15) is 9.18 Å². The number of carbonyl (C=O) groups excluding carboxylic acids is 1. The molecule has 142 valence electrons. The molecule has 6 heteroatoms. The fraction of sp³-hybridized carbons (Fsp3) is 0.429. The number of carbonyl (C=O) groups is 1. The number of aryl methyl sites for hydroxylation is 1. The van der Waals surface area contributed by atoms with Gasteiger partial charge >= 0.3 is 0 Å². The molecule has 1 heterocycles. The van der Waals surface area contributed by atoms with Gasteiger partial charge in [0.1, 0.15) is 11.6 Å². The summed E-state index contributed by atoms with van der Waals surface area (Å²) in [5.74, 6) is 0.828. The highest BCUT2D eigenvalue weighted by atomic mass is 19.1. The molecular formula is C21H24FN3O2. The predicted octanol–water partition coefficient (Wildman–Crippen LogP) is 4.55. The quantitative estimate of drug-likeness (QED) is 0.777. The van der Waals surface area contributed by atoms with Crippen LogP contribution in [0.3, 0.4) is 0 Å². The SMILES string of the molecule is Cc1c(C(=O)NC2CCCC2)oc2c1/C(=N/Nc1ccc(F)cc1)CCC2. The average molecular weight is 369 g/mol. The molecule has 27 heavy (non-hydrogen) atoms. The van der Waals surface area contributed by atoms with Crippen molar-refractivity contribution in [3.8, 4) is 0 Å². The molecule has 0 bridgehead atoms. The number of hydrazone groups is 1. The third-order valence-corrected chi connectivity index (χ3v) is 5.39. The molecule has 2 N–H and O–H groups in total. The van der Waals surface area contributed by atoms with E-state index in [-0.39, 0.29) is 17.8 Å². The topological polar surface area (TPSA) is 66.6 Å². The van der Waals surface area contributed by atoms with Crippen molar-refractivity contribution in [1.29, 1.82) is 0 Å². The van der Waals surface area contributed by atoms with Crippen molar-refractivity contribution in [3.63, 3.8) is 0 Å². The number of hydrogen-bond donors (Lipinski definition) is 2. The Morgan fingerprint density at radius 3 is 2.63 bits per heavy atom. The van der Waals surface area contributed by atoms with Gasteiger partial charge in [0.2, 0.25) is 0 Å². The zero-order valence-electron chi connectivity index (χ0n) is 15.5. The summed E-state index contributed by atoms with van der Waals surface area (Å²) in [7, 11) is 0. The average Bonchev–Trinajstić information content (AvgIpc) is 3.29. The lowest BCUT2D eigenvalue weighted by molar-refractivity contribution is 0.0907. The molecule has 1 amide bonds. The summed E-state index contributed by atoms with van der Waals surface area (Å²) < 4.78 is 19.0. The number of hydrogen-bond acceptors (Lipinski definition) is 4. The molecule has 0 atom stereocenters. The maximum Gasteiger partial charge on any atom is 0.287 e. The van der Waals surface area contributed by atoms with Crippen LogP contribution in [-0.2, 0) is 6.42 Å². The van der Waals surface area contributed by atoms with E-state index in [1.54, 1.807) is 12.1 Å². The first-order valence-corrected chi connectivity index (χ1v) is 9.63. The van der Waals surface area contributed by atoms with E-state index in [1.165, 1.54) is 25.0 Å². The fourth-order valence-corrected chi connectivity index (χ4v) is 3.97. The van der Waals surface area contributed by atoms with Gasteiger partial charge in [-0.15, -0.1) is 0 Å². The van der Waals surface area contributed by atoms with Crippen LogP contribution >= 0.6 is 0 Å². The lowest BCUT2D eigenvalue weighted by Gasteiger charge is -2.14. The molecule has 0 radical (unpaired) electrons. The zero-order valence-corrected chi connectivity index (χ0v) is 15.5. The van der Waals surface area contributed by atoms with Crippen LogP contribution in [0.25, 0.3) is 0 Å². The Morgan fingerprint density at radius 2 is 1.89 bits per heavy atom. The smallest absolute Gasteiger partial charge is 0.287 e. The Kier molecular flexibility index (Phi) is 4.97. The Labute approximate surface area is 158 Å². The van der Waals surface area contributed by atoms with Crippen molar-refractivity contribution in [2.24, 2.45) is 5.10 Å². The number of fused-ring (bicyclic) bond motifs is 1. The third-order valence-electron chi connectivity index (χ3n) is 5.39. The van der Waals surface area contributed by atoms with Gasteiger partial charge in [-0.25, -0.2) is 4.39 Å². The highest BCUT2D eigenvalue weighted by Gasteiger charge is 2.29. The minimum absolute atomic E-state index is 0.125. The Balaban J connectivity index is 1.56. The van der Waals surface area contributed by atoms with Crippen LogP contribution in [0, 0.1) is 12.7 Å². The number of rotatable bonds is 4. The van der Waals surface area contributed by atoms with E-state index >= 15 is 0 Å². The minimum Gasteiger partial charge on any atom is -0.455 e. The van der Waals surface area contributed by atoms with Crippen LogP contribution in [0.5, 0.6) is 0 Å². The van der Waals surface area contributed by atoms with Crippen LogP contribution in [-0.4, -0.2) is 17.7 Å². The van der Waals surface area contributed by atoms with Gasteiger partial charge in [0.15, 0.2) is 5.76 Å². The fourth-order valence-electron chi connectivity index (χ4n) is 3.97. The number of anilines is 1. The number of nitrogens with one attached hydrogen (secondary N) is 2. The first-order chi connectivity index (χ1) is 13.1. The van der Waals surface area contributed by atoms with Gasteiger partial charge in [0, 0.05) is 23.6 Å². The molecule has 0 saturated heterocycles. The standard InChI is InChI=1S/C21H24FN3O2/c1-13-19-17(25-24-16-11-9-14(22)10-12-16)7-4-8-18(19)27-20(13)21(26)23-15-5-2-3-6-15/h9-12,15,24H,2-8H2,1H3,(H,23,26)/b25-17+. The maximum atomic E-state index is 13.0. The van der Waals surface area contributed by atoms with Gasteiger partial charge in [-0.3, -0.25) is 10.2 Å². The van der Waals surface area contributed by atoms with E-state index in [0.717, 1.165) is 60.4 Å². The second-order valence-electron chi connectivity index (χ2n) is 7.34. The van der Waals surface area contributed by atoms with Crippen LogP contribution in [0.4, 0.5) is 10.1 Å². The van der Waals surface area contributed by atoms with E-state index in [1.807, 2.05) is 6.92 Å². The summed E-state index contributed by atoms with van der Waals surface area (Å²) in [6, 6.07) is 6.33. The van der Waals surface area contributed by atoms with Crippen molar-refractivity contribution in [2.45, 2.75) is 57.9 Å². The first-order valence-electron chi connectivity index (χ1n) is 9.63. The molecule has 1 fully saturated rings. The predicted molar refractivity (Wildman–Crippen MR) is 103 cm³/mol. The number of furan rings is 1. The molecule has 1 aromatic heterocycles. The molecule has 2 aromatic rings. The monoisotopic (exact) mass is 369 g/mol. The second kappa shape index (κ2) is 7.55. The normalized spacial score (nSPS) is 18.5. The highest BCUT2D eigenvalue weighted by Crippen LogP contribution is 2.30. The molecule has 5 nitrogen and oxygen atoms in total. The van der Waals surface area contributed by atoms with Gasteiger partial charge in [-0.05, 0) is 56.9 Å². The number of benzene rings is 1. The first kappa shape index (κ1) is 17.8. The van der Waals surface area contributed by atoms with Gasteiger partial charge in [-0.2, -0.15) is 5.10 Å². The van der Waals surface area contributed by atoms with Crippen molar-refractivity contribution in [2.75, 3.05) is 5.43 Å². The summed E-state index contributed by atoms with van der Waals surface area (Å²) in [6.45, 7) is 1.92. The van der Waals surface area contributed by atoms with Gasteiger partial charge in [-0.1, -0.05) is 12.8 Å². The lowest BCUT2D eigenvalue weighted by atomic mass is 9.93. The minimum atomic E-state index is -0.281. The van der Waals surface area contributed by atoms with Crippen LogP contribution in [0.1, 0.15) is 66.0 Å². The van der Waals surface area contributed by atoms with Crippen molar-refractivity contribution < 1.29 is 13.6 Å². The summed E-state index contributed by atoms with van der Waals surface area (Å²) in [6.07, 6.45) is 6.97. The van der Waals surface area contributed by atoms with Crippen LogP contribution < -0.4 is 10.7 Å². The van der Waals surface area contributed by atoms with Crippen LogP contribution in [0.15, 0.2) is 33.8 Å². The zero-order chi connectivity index (χ0) is 18.8. The second-order valence-corrected chi connectivity index (χ2v) is 7.34. The molecule has 2 aliphatic carbocycles. The number of halogens is 1. The summed E-state index contributed by atoms with van der Waals surface area (Å²) in [5.41, 5.74) is 6.37. The third kappa shape index (κ3) is 3.75. The molecule has 0 aliphatic heterocycles. The molecule has 2 aliphatic rings. The molecule has 0 unspecified atom stereocenters. The van der Waals surface area contributed by atoms with E-state index < -0.39 is 0 Å². The Hall–Kier alpha value is -2.63. The van der Waals surface area contributed by atoms with Crippen molar-refractivity contribution in [1.82, 2.24) is 5.32 Å². The van der Waals surface area contributed by atoms with Gasteiger partial charge < -0.3 is 9.73 Å². The summed E-state index contributed by atoms with van der Waals surface area (Å²) in [4.78, 5) is 12.7.